The van der Waals surface area contributed by atoms with Crippen molar-refractivity contribution in [2.24, 2.45) is 5.10 Å². The first kappa shape index (κ1) is 18.8. The first-order chi connectivity index (χ1) is 13.1. The molecule has 0 radical (unpaired) electrons. The third-order valence-corrected chi connectivity index (χ3v) is 4.43. The van der Waals surface area contributed by atoms with E-state index in [-0.39, 0.29) is 11.3 Å². The summed E-state index contributed by atoms with van der Waals surface area (Å²) in [5, 5.41) is 9.73. The van der Waals surface area contributed by atoms with Crippen molar-refractivity contribution in [3.05, 3.63) is 75.2 Å². The Morgan fingerprint density at radius 2 is 1.89 bits per heavy atom. The number of nitrogens with zero attached hydrogens (tertiary/aromatic N) is 3. The van der Waals surface area contributed by atoms with Crippen molar-refractivity contribution in [1.29, 1.82) is 0 Å². The molecule has 1 heterocycles. The highest BCUT2D eigenvalue weighted by molar-refractivity contribution is 6.33. The predicted molar refractivity (Wildman–Crippen MR) is 107 cm³/mol. The summed E-state index contributed by atoms with van der Waals surface area (Å²) in [7, 11) is 0. The van der Waals surface area contributed by atoms with Gasteiger partial charge in [-0.3, -0.25) is 9.59 Å². The maximum atomic E-state index is 12.6. The van der Waals surface area contributed by atoms with Gasteiger partial charge in [0.25, 0.3) is 11.5 Å². The Kier molecular flexibility index (Phi) is 5.98. The van der Waals surface area contributed by atoms with Crippen LogP contribution in [0, 0.1) is 0 Å². The predicted octanol–water partition coefficient (Wildman–Crippen LogP) is 3.61. The van der Waals surface area contributed by atoms with Gasteiger partial charge in [0.1, 0.15) is 0 Å². The van der Waals surface area contributed by atoms with Crippen molar-refractivity contribution in [1.82, 2.24) is 15.2 Å². The molecule has 3 aromatic rings. The minimum atomic E-state index is -0.486. The number of amides is 1. The normalized spacial score (nSPS) is 11.2. The van der Waals surface area contributed by atoms with Gasteiger partial charge in [-0.05, 0) is 18.6 Å². The average molecular weight is 383 g/mol. The molecule has 0 aliphatic carbocycles. The van der Waals surface area contributed by atoms with E-state index >= 15 is 0 Å². The van der Waals surface area contributed by atoms with Gasteiger partial charge in [0, 0.05) is 22.5 Å². The number of aryl methyl sites for hydroxylation is 1. The van der Waals surface area contributed by atoms with Crippen molar-refractivity contribution in [3.8, 4) is 0 Å². The molecular weight excluding hydrogens is 364 g/mol. The van der Waals surface area contributed by atoms with Crippen LogP contribution in [0.1, 0.15) is 35.8 Å². The summed E-state index contributed by atoms with van der Waals surface area (Å²) >= 11 is 6.07. The van der Waals surface area contributed by atoms with Crippen LogP contribution in [0.5, 0.6) is 0 Å². The molecule has 27 heavy (non-hydrogen) atoms. The smallest absolute Gasteiger partial charge is 0.267 e. The quantitative estimate of drug-likeness (QED) is 0.522. The average Bonchev–Trinajstić information content (AvgIpc) is 2.69. The molecule has 0 aliphatic rings. The summed E-state index contributed by atoms with van der Waals surface area (Å²) in [6.45, 7) is 2.49. The molecule has 0 saturated heterocycles. The van der Waals surface area contributed by atoms with Crippen LogP contribution in [0.25, 0.3) is 10.8 Å². The molecule has 0 unspecified atom stereocenters. The zero-order valence-electron chi connectivity index (χ0n) is 14.9. The van der Waals surface area contributed by atoms with E-state index in [0.29, 0.717) is 27.9 Å². The number of nitrogens with one attached hydrogen (secondary N) is 1. The highest BCUT2D eigenvalue weighted by Gasteiger charge is 2.16. The standard InChI is InChI=1S/C20H19ClN4O2/c1-2-3-12-25-20(27)16-10-6-5-9-15(16)18(24-25)19(26)23-22-13-14-8-4-7-11-17(14)21/h4-11,13H,2-3,12H2,1H3,(H,23,26)/b22-13-. The summed E-state index contributed by atoms with van der Waals surface area (Å²) < 4.78 is 1.35. The number of hydrogen-bond donors (Lipinski definition) is 1. The third-order valence-electron chi connectivity index (χ3n) is 4.08. The first-order valence-corrected chi connectivity index (χ1v) is 9.07. The number of carbonyl (C=O) groups excluding carboxylic acids is 1. The lowest BCUT2D eigenvalue weighted by atomic mass is 10.1. The van der Waals surface area contributed by atoms with Gasteiger partial charge in [0.2, 0.25) is 0 Å². The van der Waals surface area contributed by atoms with Crippen LogP contribution in [0.4, 0.5) is 0 Å². The Labute approximate surface area is 161 Å². The zero-order chi connectivity index (χ0) is 19.2. The second kappa shape index (κ2) is 8.60. The van der Waals surface area contributed by atoms with Crippen LogP contribution in [0.15, 0.2) is 58.4 Å². The van der Waals surface area contributed by atoms with Gasteiger partial charge in [-0.25, -0.2) is 10.1 Å². The fourth-order valence-corrected chi connectivity index (χ4v) is 2.84. The molecule has 0 aliphatic heterocycles. The highest BCUT2D eigenvalue weighted by atomic mass is 35.5. The second-order valence-corrected chi connectivity index (χ2v) is 6.40. The number of aromatic nitrogens is 2. The van der Waals surface area contributed by atoms with Gasteiger partial charge in [-0.15, -0.1) is 0 Å². The summed E-state index contributed by atoms with van der Waals surface area (Å²) in [5.41, 5.74) is 3.11. The highest BCUT2D eigenvalue weighted by Crippen LogP contribution is 2.14. The number of hydrazone groups is 1. The lowest BCUT2D eigenvalue weighted by Crippen LogP contribution is -2.29. The van der Waals surface area contributed by atoms with Gasteiger partial charge in [-0.2, -0.15) is 10.2 Å². The molecule has 1 N–H and O–H groups in total. The van der Waals surface area contributed by atoms with Gasteiger partial charge >= 0.3 is 0 Å². The summed E-state index contributed by atoms with van der Waals surface area (Å²) in [6, 6.07) is 14.1. The Bertz CT molecular complexity index is 1060. The summed E-state index contributed by atoms with van der Waals surface area (Å²) in [5.74, 6) is -0.486. The van der Waals surface area contributed by atoms with E-state index in [0.717, 1.165) is 12.8 Å². The van der Waals surface area contributed by atoms with E-state index in [4.69, 9.17) is 11.6 Å². The fraction of sp³-hybridized carbons (Fsp3) is 0.200. The van der Waals surface area contributed by atoms with Crippen LogP contribution in [0.3, 0.4) is 0 Å². The van der Waals surface area contributed by atoms with Crippen molar-refractivity contribution in [3.63, 3.8) is 0 Å². The number of benzene rings is 2. The monoisotopic (exact) mass is 382 g/mol. The first-order valence-electron chi connectivity index (χ1n) is 8.69. The van der Waals surface area contributed by atoms with Gasteiger partial charge in [-0.1, -0.05) is 61.3 Å². The molecular formula is C20H19ClN4O2. The second-order valence-electron chi connectivity index (χ2n) is 6.00. The van der Waals surface area contributed by atoms with E-state index in [2.05, 4.69) is 15.6 Å². The molecule has 0 atom stereocenters. The zero-order valence-corrected chi connectivity index (χ0v) is 15.6. The minimum Gasteiger partial charge on any atom is -0.267 e. The topological polar surface area (TPSA) is 76.3 Å². The number of unbranched alkanes of at least 4 members (excludes halogenated alkanes) is 1. The Hall–Kier alpha value is -2.99. The Morgan fingerprint density at radius 1 is 1.19 bits per heavy atom. The van der Waals surface area contributed by atoms with Gasteiger partial charge in [0.05, 0.1) is 11.6 Å². The third kappa shape index (κ3) is 4.23. The van der Waals surface area contributed by atoms with Crippen LogP contribution in [-0.2, 0) is 6.54 Å². The van der Waals surface area contributed by atoms with E-state index < -0.39 is 5.91 Å². The molecule has 0 saturated carbocycles. The molecule has 138 valence electrons. The number of halogens is 1. The van der Waals surface area contributed by atoms with Gasteiger partial charge in [0.15, 0.2) is 5.69 Å². The van der Waals surface area contributed by atoms with E-state index in [1.54, 1.807) is 36.4 Å². The van der Waals surface area contributed by atoms with Gasteiger partial charge < -0.3 is 0 Å². The lowest BCUT2D eigenvalue weighted by molar-refractivity contribution is 0.0949. The number of carbonyl (C=O) groups is 1. The van der Waals surface area contributed by atoms with E-state index in [1.807, 2.05) is 19.1 Å². The fourth-order valence-electron chi connectivity index (χ4n) is 2.66. The summed E-state index contributed by atoms with van der Waals surface area (Å²) in [4.78, 5) is 25.2. The molecule has 2 aromatic carbocycles. The summed E-state index contributed by atoms with van der Waals surface area (Å²) in [6.07, 6.45) is 3.19. The molecule has 6 nitrogen and oxygen atoms in total. The molecule has 1 aromatic heterocycles. The van der Waals surface area contributed by atoms with Crippen LogP contribution < -0.4 is 11.0 Å². The maximum absolute atomic E-state index is 12.6. The van der Waals surface area contributed by atoms with Crippen molar-refractivity contribution < 1.29 is 4.79 Å². The van der Waals surface area contributed by atoms with Crippen molar-refractivity contribution in [2.45, 2.75) is 26.3 Å². The molecule has 0 bridgehead atoms. The van der Waals surface area contributed by atoms with Crippen molar-refractivity contribution >= 4 is 34.5 Å². The van der Waals surface area contributed by atoms with Crippen molar-refractivity contribution in [2.75, 3.05) is 0 Å². The van der Waals surface area contributed by atoms with Crippen LogP contribution in [-0.4, -0.2) is 21.9 Å². The van der Waals surface area contributed by atoms with Crippen LogP contribution in [0.2, 0.25) is 5.02 Å². The lowest BCUT2D eigenvalue weighted by Gasteiger charge is -2.09. The van der Waals surface area contributed by atoms with E-state index in [9.17, 15) is 9.59 Å². The number of fused-ring (bicyclic) bond motifs is 1. The molecule has 1 amide bonds. The van der Waals surface area contributed by atoms with Crippen LogP contribution >= 0.6 is 11.6 Å². The Morgan fingerprint density at radius 3 is 2.63 bits per heavy atom. The SMILES string of the molecule is CCCCn1nc(C(=O)N/N=C\c2ccccc2Cl)c2ccccc2c1=O. The number of hydrogen-bond acceptors (Lipinski definition) is 4. The Balaban J connectivity index is 1.92. The molecule has 0 spiro atoms. The largest absolute Gasteiger partial charge is 0.292 e. The maximum Gasteiger partial charge on any atom is 0.292 e. The molecule has 3 rings (SSSR count). The minimum absolute atomic E-state index is 0.164. The molecule has 7 heteroatoms. The number of rotatable bonds is 6. The van der Waals surface area contributed by atoms with E-state index in [1.165, 1.54) is 10.9 Å². The molecule has 0 fully saturated rings.